The number of piperidine rings is 1. The number of nitrogens with two attached hydrogens (primary N) is 1. The van der Waals surface area contributed by atoms with E-state index in [-0.39, 0.29) is 40.9 Å². The Morgan fingerprint density at radius 2 is 1.96 bits per heavy atom. The van der Waals surface area contributed by atoms with E-state index in [0.717, 1.165) is 12.8 Å². The Balaban J connectivity index is 0.00000529. The van der Waals surface area contributed by atoms with E-state index in [9.17, 15) is 9.00 Å². The standard InChI is InChI=1S/C15H30N4O3S.HI/c1-5-22-14(20)19-9-6-12(7-10-19)18-13(16)17-8-11-23(21)15(2,3)4;/h12H,5-11H2,1-4H3,(H3,16,17,18);1H. The van der Waals surface area contributed by atoms with E-state index < -0.39 is 10.8 Å². The number of carbonyl (C=O) groups excluding carboxylic acids is 1. The van der Waals surface area contributed by atoms with Gasteiger partial charge in [-0.1, -0.05) is 0 Å². The Morgan fingerprint density at radius 1 is 1.38 bits per heavy atom. The van der Waals surface area contributed by atoms with Gasteiger partial charge in [-0.25, -0.2) is 4.79 Å². The maximum Gasteiger partial charge on any atom is 0.409 e. The van der Waals surface area contributed by atoms with Gasteiger partial charge in [0.05, 0.1) is 13.2 Å². The number of guanidine groups is 1. The lowest BCUT2D eigenvalue weighted by atomic mass is 10.1. The minimum absolute atomic E-state index is 0. The molecule has 1 aliphatic rings. The van der Waals surface area contributed by atoms with Gasteiger partial charge < -0.3 is 20.7 Å². The van der Waals surface area contributed by atoms with Gasteiger partial charge in [0, 0.05) is 40.4 Å². The van der Waals surface area contributed by atoms with Gasteiger partial charge in [-0.05, 0) is 40.5 Å². The summed E-state index contributed by atoms with van der Waals surface area (Å²) in [6.45, 7) is 9.80. The molecule has 0 radical (unpaired) electrons. The van der Waals surface area contributed by atoms with Crippen LogP contribution >= 0.6 is 24.0 Å². The van der Waals surface area contributed by atoms with Crippen molar-refractivity contribution in [2.75, 3.05) is 32.0 Å². The zero-order chi connectivity index (χ0) is 17.5. The molecule has 7 nitrogen and oxygen atoms in total. The highest BCUT2D eigenvalue weighted by Crippen LogP contribution is 2.12. The maximum atomic E-state index is 11.9. The van der Waals surface area contributed by atoms with Gasteiger partial charge in [0.1, 0.15) is 0 Å². The fraction of sp³-hybridized carbons (Fsp3) is 0.867. The van der Waals surface area contributed by atoms with Crippen molar-refractivity contribution in [3.05, 3.63) is 0 Å². The third kappa shape index (κ3) is 8.50. The predicted octanol–water partition coefficient (Wildman–Crippen LogP) is 1.68. The highest BCUT2D eigenvalue weighted by Gasteiger charge is 2.23. The summed E-state index contributed by atoms with van der Waals surface area (Å²) < 4.78 is 16.7. The van der Waals surface area contributed by atoms with Crippen LogP contribution in [0.4, 0.5) is 4.79 Å². The number of ether oxygens (including phenoxy) is 1. The number of rotatable bonds is 5. The first-order valence-electron chi connectivity index (χ1n) is 8.10. The summed E-state index contributed by atoms with van der Waals surface area (Å²) in [5.41, 5.74) is 5.88. The molecule has 3 N–H and O–H groups in total. The van der Waals surface area contributed by atoms with Crippen molar-refractivity contribution >= 4 is 46.8 Å². The number of aliphatic imine (C=N–C) groups is 1. The maximum absolute atomic E-state index is 11.9. The summed E-state index contributed by atoms with van der Waals surface area (Å²) >= 11 is 0. The van der Waals surface area contributed by atoms with Crippen molar-refractivity contribution in [2.24, 2.45) is 10.7 Å². The van der Waals surface area contributed by atoms with Crippen molar-refractivity contribution in [3.8, 4) is 0 Å². The smallest absolute Gasteiger partial charge is 0.409 e. The van der Waals surface area contributed by atoms with Gasteiger partial charge in [0.25, 0.3) is 0 Å². The molecule has 142 valence electrons. The summed E-state index contributed by atoms with van der Waals surface area (Å²) in [6.07, 6.45) is 1.36. The first-order valence-corrected chi connectivity index (χ1v) is 9.42. The number of carbonyl (C=O) groups is 1. The Labute approximate surface area is 164 Å². The molecular weight excluding hydrogens is 443 g/mol. The van der Waals surface area contributed by atoms with Gasteiger partial charge in [-0.2, -0.15) is 0 Å². The molecule has 1 unspecified atom stereocenters. The van der Waals surface area contributed by atoms with E-state index in [0.29, 0.717) is 38.0 Å². The number of likely N-dealkylation sites (tertiary alicyclic amines) is 1. The number of hydrogen-bond donors (Lipinski definition) is 2. The van der Waals surface area contributed by atoms with Crippen molar-refractivity contribution in [2.45, 2.75) is 51.3 Å². The third-order valence-corrected chi connectivity index (χ3v) is 5.53. The van der Waals surface area contributed by atoms with Crippen molar-refractivity contribution in [1.82, 2.24) is 10.2 Å². The molecule has 1 atom stereocenters. The van der Waals surface area contributed by atoms with E-state index in [1.54, 1.807) is 11.8 Å². The molecule has 0 aromatic heterocycles. The van der Waals surface area contributed by atoms with Crippen LogP contribution in [0, 0.1) is 0 Å². The molecule has 0 spiro atoms. The second kappa shape index (κ2) is 11.1. The van der Waals surface area contributed by atoms with Crippen LogP contribution in [0.2, 0.25) is 0 Å². The van der Waals surface area contributed by atoms with Crippen LogP contribution in [-0.4, -0.2) is 63.9 Å². The quantitative estimate of drug-likeness (QED) is 0.359. The molecule has 1 saturated heterocycles. The monoisotopic (exact) mass is 474 g/mol. The number of hydrogen-bond acceptors (Lipinski definition) is 4. The normalized spacial score (nSPS) is 17.8. The zero-order valence-corrected chi connectivity index (χ0v) is 18.2. The lowest BCUT2D eigenvalue weighted by molar-refractivity contribution is 0.0963. The van der Waals surface area contributed by atoms with Crippen molar-refractivity contribution in [1.29, 1.82) is 0 Å². The third-order valence-electron chi connectivity index (χ3n) is 3.61. The predicted molar refractivity (Wildman–Crippen MR) is 109 cm³/mol. The van der Waals surface area contributed by atoms with Crippen molar-refractivity contribution < 1.29 is 13.7 Å². The second-order valence-corrected chi connectivity index (χ2v) is 8.86. The molecule has 0 aromatic carbocycles. The molecule has 0 aromatic rings. The number of halogens is 1. The molecule has 0 saturated carbocycles. The van der Waals surface area contributed by atoms with E-state index in [2.05, 4.69) is 10.3 Å². The molecule has 1 aliphatic heterocycles. The Kier molecular flexibility index (Phi) is 10.8. The second-order valence-electron chi connectivity index (χ2n) is 6.53. The molecular formula is C15H31IN4O3S. The minimum Gasteiger partial charge on any atom is -0.450 e. The summed E-state index contributed by atoms with van der Waals surface area (Å²) in [5, 5.41) is 3.17. The van der Waals surface area contributed by atoms with E-state index in [1.165, 1.54) is 0 Å². The molecule has 24 heavy (non-hydrogen) atoms. The molecule has 0 bridgehead atoms. The molecule has 9 heteroatoms. The van der Waals surface area contributed by atoms with E-state index in [1.807, 2.05) is 20.8 Å². The zero-order valence-electron chi connectivity index (χ0n) is 15.0. The van der Waals surface area contributed by atoms with Gasteiger partial charge in [0.2, 0.25) is 0 Å². The summed E-state index contributed by atoms with van der Waals surface area (Å²) in [6, 6.07) is 0.206. The Hall–Kier alpha value is -0.580. The molecule has 1 rings (SSSR count). The number of nitrogens with zero attached hydrogens (tertiary/aromatic N) is 2. The van der Waals surface area contributed by atoms with Crippen LogP contribution < -0.4 is 11.1 Å². The summed E-state index contributed by atoms with van der Waals surface area (Å²) in [7, 11) is -0.921. The van der Waals surface area contributed by atoms with Crippen LogP contribution in [0.1, 0.15) is 40.5 Å². The first kappa shape index (κ1) is 23.4. The topological polar surface area (TPSA) is 97.0 Å². The lowest BCUT2D eigenvalue weighted by Crippen LogP contribution is -2.48. The fourth-order valence-corrected chi connectivity index (χ4v) is 3.10. The van der Waals surface area contributed by atoms with Crippen LogP contribution in [-0.2, 0) is 15.5 Å². The summed E-state index contributed by atoms with van der Waals surface area (Å²) in [4.78, 5) is 17.6. The number of amides is 1. The van der Waals surface area contributed by atoms with Gasteiger partial charge in [-0.15, -0.1) is 24.0 Å². The van der Waals surface area contributed by atoms with Gasteiger partial charge >= 0.3 is 6.09 Å². The molecule has 1 fully saturated rings. The SMILES string of the molecule is CCOC(=O)N1CCC(NC(N)=NCCS(=O)C(C)(C)C)CC1.I. The number of nitrogens with one attached hydrogen (secondary N) is 1. The first-order chi connectivity index (χ1) is 10.7. The largest absolute Gasteiger partial charge is 0.450 e. The molecule has 0 aliphatic carbocycles. The highest BCUT2D eigenvalue weighted by molar-refractivity contribution is 14.0. The average Bonchev–Trinajstić information content (AvgIpc) is 2.47. The lowest BCUT2D eigenvalue weighted by Gasteiger charge is -2.31. The van der Waals surface area contributed by atoms with Gasteiger partial charge in [-0.3, -0.25) is 9.20 Å². The van der Waals surface area contributed by atoms with Crippen LogP contribution in [0.5, 0.6) is 0 Å². The Morgan fingerprint density at radius 3 is 2.46 bits per heavy atom. The highest BCUT2D eigenvalue weighted by atomic mass is 127. The molecule has 1 heterocycles. The minimum atomic E-state index is -0.921. The Bertz CT molecular complexity index is 446. The van der Waals surface area contributed by atoms with Crippen molar-refractivity contribution in [3.63, 3.8) is 0 Å². The van der Waals surface area contributed by atoms with Crippen LogP contribution in [0.25, 0.3) is 0 Å². The van der Waals surface area contributed by atoms with E-state index >= 15 is 0 Å². The van der Waals surface area contributed by atoms with Gasteiger partial charge in [0.15, 0.2) is 5.96 Å². The van der Waals surface area contributed by atoms with E-state index in [4.69, 9.17) is 10.5 Å². The van der Waals surface area contributed by atoms with Crippen LogP contribution in [0.15, 0.2) is 4.99 Å². The summed E-state index contributed by atoms with van der Waals surface area (Å²) in [5.74, 6) is 0.887. The molecule has 1 amide bonds. The average molecular weight is 474 g/mol. The fourth-order valence-electron chi connectivity index (χ4n) is 2.23. The van der Waals surface area contributed by atoms with Crippen LogP contribution in [0.3, 0.4) is 0 Å².